The Kier molecular flexibility index (Phi) is 3.04. The molecule has 0 saturated carbocycles. The van der Waals surface area contributed by atoms with Gasteiger partial charge in [-0.05, 0) is 36.1 Å². The van der Waals surface area contributed by atoms with Gasteiger partial charge in [0.1, 0.15) is 5.82 Å². The molecule has 0 atom stereocenters. The molecule has 84 valence electrons. The monoisotopic (exact) mass is 219 g/mol. The molecule has 0 amide bonds. The zero-order chi connectivity index (χ0) is 11.5. The molecule has 2 aromatic rings. The van der Waals surface area contributed by atoms with E-state index in [0.29, 0.717) is 13.0 Å². The first kappa shape index (κ1) is 10.9. The van der Waals surface area contributed by atoms with Crippen LogP contribution in [-0.2, 0) is 11.3 Å². The van der Waals surface area contributed by atoms with E-state index in [2.05, 4.69) is 0 Å². The van der Waals surface area contributed by atoms with Crippen LogP contribution < -0.4 is 0 Å². The van der Waals surface area contributed by atoms with E-state index in [0.717, 1.165) is 17.3 Å². The summed E-state index contributed by atoms with van der Waals surface area (Å²) < 4.78 is 14.9. The van der Waals surface area contributed by atoms with Crippen LogP contribution in [0.25, 0.3) is 10.9 Å². The lowest BCUT2D eigenvalue weighted by molar-refractivity contribution is -0.119. The number of halogens is 1. The number of hydrogen-bond donors (Lipinski definition) is 0. The van der Waals surface area contributed by atoms with Crippen molar-refractivity contribution in [3.8, 4) is 0 Å². The molecule has 0 aliphatic heterocycles. The van der Waals surface area contributed by atoms with Gasteiger partial charge in [-0.2, -0.15) is 0 Å². The zero-order valence-corrected chi connectivity index (χ0v) is 9.24. The van der Waals surface area contributed by atoms with Gasteiger partial charge in [0, 0.05) is 12.6 Å². The maximum absolute atomic E-state index is 13.1. The highest BCUT2D eigenvalue weighted by Gasteiger charge is 2.06. The molecular weight excluding hydrogens is 205 g/mol. The average molecular weight is 219 g/mol. The minimum Gasteiger partial charge on any atom is -0.340 e. The van der Waals surface area contributed by atoms with Crippen molar-refractivity contribution in [3.05, 3.63) is 36.3 Å². The summed E-state index contributed by atoms with van der Waals surface area (Å²) in [7, 11) is 0. The number of nitrogens with zero attached hydrogens (tertiary/aromatic N) is 1. The summed E-state index contributed by atoms with van der Waals surface area (Å²) in [6, 6.07) is 6.52. The zero-order valence-electron chi connectivity index (χ0n) is 9.24. The highest BCUT2D eigenvalue weighted by molar-refractivity contribution is 5.84. The second kappa shape index (κ2) is 4.47. The van der Waals surface area contributed by atoms with Crippen molar-refractivity contribution in [3.63, 3.8) is 0 Å². The molecule has 0 bridgehead atoms. The van der Waals surface area contributed by atoms with Crippen LogP contribution in [-0.4, -0.2) is 10.4 Å². The molecule has 0 aliphatic rings. The highest BCUT2D eigenvalue weighted by atomic mass is 19.1. The van der Waals surface area contributed by atoms with Crippen LogP contribution in [0.1, 0.15) is 19.8 Å². The van der Waals surface area contributed by atoms with Crippen molar-refractivity contribution < 1.29 is 9.18 Å². The number of aromatic nitrogens is 1. The van der Waals surface area contributed by atoms with Gasteiger partial charge in [0.05, 0.1) is 12.1 Å². The molecular formula is C13H14FNO. The van der Waals surface area contributed by atoms with Crippen molar-refractivity contribution >= 4 is 16.7 Å². The van der Waals surface area contributed by atoms with E-state index in [-0.39, 0.29) is 11.6 Å². The van der Waals surface area contributed by atoms with E-state index in [1.54, 1.807) is 10.6 Å². The third-order valence-corrected chi connectivity index (χ3v) is 2.61. The van der Waals surface area contributed by atoms with E-state index in [1.807, 2.05) is 19.2 Å². The SMILES string of the molecule is CCCC(=O)Cn1ccc2ccc(F)cc21. The van der Waals surface area contributed by atoms with Crippen molar-refractivity contribution in [1.82, 2.24) is 4.57 Å². The van der Waals surface area contributed by atoms with Crippen LogP contribution in [0.15, 0.2) is 30.5 Å². The summed E-state index contributed by atoms with van der Waals surface area (Å²) in [5.74, 6) is -0.0837. The number of hydrogen-bond acceptors (Lipinski definition) is 1. The van der Waals surface area contributed by atoms with Gasteiger partial charge >= 0.3 is 0 Å². The highest BCUT2D eigenvalue weighted by Crippen LogP contribution is 2.17. The molecule has 2 nitrogen and oxygen atoms in total. The van der Waals surface area contributed by atoms with E-state index < -0.39 is 0 Å². The lowest BCUT2D eigenvalue weighted by atomic mass is 10.2. The van der Waals surface area contributed by atoms with Crippen molar-refractivity contribution in [2.45, 2.75) is 26.3 Å². The molecule has 0 aliphatic carbocycles. The van der Waals surface area contributed by atoms with Gasteiger partial charge < -0.3 is 4.57 Å². The fourth-order valence-corrected chi connectivity index (χ4v) is 1.84. The van der Waals surface area contributed by atoms with Crippen LogP contribution >= 0.6 is 0 Å². The van der Waals surface area contributed by atoms with Crippen LogP contribution in [0.3, 0.4) is 0 Å². The summed E-state index contributed by atoms with van der Waals surface area (Å²) in [5.41, 5.74) is 0.782. The number of rotatable bonds is 4. The first-order valence-corrected chi connectivity index (χ1v) is 5.47. The lowest BCUT2D eigenvalue weighted by Crippen LogP contribution is -2.08. The Bertz CT molecular complexity index is 516. The Morgan fingerprint density at radius 1 is 1.38 bits per heavy atom. The molecule has 1 aromatic carbocycles. The summed E-state index contributed by atoms with van der Waals surface area (Å²) in [5, 5.41) is 0.964. The molecule has 0 radical (unpaired) electrons. The minimum absolute atomic E-state index is 0.185. The lowest BCUT2D eigenvalue weighted by Gasteiger charge is -2.03. The molecule has 0 unspecified atom stereocenters. The summed E-state index contributed by atoms with van der Waals surface area (Å²) in [4.78, 5) is 11.5. The number of fused-ring (bicyclic) bond motifs is 1. The van der Waals surface area contributed by atoms with Gasteiger partial charge in [-0.15, -0.1) is 0 Å². The Balaban J connectivity index is 2.30. The van der Waals surface area contributed by atoms with Gasteiger partial charge in [-0.1, -0.05) is 6.92 Å². The number of ketones is 1. The molecule has 3 heteroatoms. The van der Waals surface area contributed by atoms with Gasteiger partial charge in [-0.3, -0.25) is 4.79 Å². The molecule has 2 rings (SSSR count). The maximum Gasteiger partial charge on any atom is 0.152 e. The third-order valence-electron chi connectivity index (χ3n) is 2.61. The molecule has 1 heterocycles. The van der Waals surface area contributed by atoms with E-state index in [4.69, 9.17) is 0 Å². The first-order valence-electron chi connectivity index (χ1n) is 5.47. The summed E-state index contributed by atoms with van der Waals surface area (Å²) in [6.07, 6.45) is 3.26. The molecule has 16 heavy (non-hydrogen) atoms. The Morgan fingerprint density at radius 2 is 2.19 bits per heavy atom. The fraction of sp³-hybridized carbons (Fsp3) is 0.308. The van der Waals surface area contributed by atoms with Crippen LogP contribution in [0.2, 0.25) is 0 Å². The normalized spacial score (nSPS) is 10.9. The maximum atomic E-state index is 13.1. The van der Waals surface area contributed by atoms with Crippen LogP contribution in [0.4, 0.5) is 4.39 Å². The molecule has 0 fully saturated rings. The molecule has 1 aromatic heterocycles. The summed E-state index contributed by atoms with van der Waals surface area (Å²) >= 11 is 0. The van der Waals surface area contributed by atoms with Crippen molar-refractivity contribution in [2.24, 2.45) is 0 Å². The molecule has 0 spiro atoms. The Hall–Kier alpha value is -1.64. The predicted octanol–water partition coefficient (Wildman–Crippen LogP) is 3.15. The number of benzene rings is 1. The summed E-state index contributed by atoms with van der Waals surface area (Å²) in [6.45, 7) is 2.31. The number of Topliss-reactive ketones (excluding diaryl/α,β-unsaturated/α-hetero) is 1. The first-order chi connectivity index (χ1) is 7.70. The van der Waals surface area contributed by atoms with E-state index >= 15 is 0 Å². The Morgan fingerprint density at radius 3 is 2.94 bits per heavy atom. The number of carbonyl (C=O) groups excluding carboxylic acids is 1. The van der Waals surface area contributed by atoms with E-state index in [1.165, 1.54) is 12.1 Å². The predicted molar refractivity (Wildman–Crippen MR) is 61.8 cm³/mol. The quantitative estimate of drug-likeness (QED) is 0.774. The van der Waals surface area contributed by atoms with Gasteiger partial charge in [-0.25, -0.2) is 4.39 Å². The van der Waals surface area contributed by atoms with Crippen molar-refractivity contribution in [2.75, 3.05) is 0 Å². The van der Waals surface area contributed by atoms with Gasteiger partial charge in [0.2, 0.25) is 0 Å². The number of carbonyl (C=O) groups is 1. The fourth-order valence-electron chi connectivity index (χ4n) is 1.84. The molecule has 0 saturated heterocycles. The van der Waals surface area contributed by atoms with Gasteiger partial charge in [0.15, 0.2) is 5.78 Å². The van der Waals surface area contributed by atoms with Crippen molar-refractivity contribution in [1.29, 1.82) is 0 Å². The smallest absolute Gasteiger partial charge is 0.152 e. The second-order valence-electron chi connectivity index (χ2n) is 3.94. The largest absolute Gasteiger partial charge is 0.340 e. The Labute approximate surface area is 93.7 Å². The minimum atomic E-state index is -0.268. The second-order valence-corrected chi connectivity index (χ2v) is 3.94. The van der Waals surface area contributed by atoms with Crippen LogP contribution in [0.5, 0.6) is 0 Å². The topological polar surface area (TPSA) is 22.0 Å². The standard InChI is InChI=1S/C13H14FNO/c1-2-3-12(16)9-15-7-6-10-4-5-11(14)8-13(10)15/h4-8H,2-3,9H2,1H3. The average Bonchev–Trinajstić information content (AvgIpc) is 2.61. The van der Waals surface area contributed by atoms with Gasteiger partial charge in [0.25, 0.3) is 0 Å². The third kappa shape index (κ3) is 2.13. The van der Waals surface area contributed by atoms with Crippen LogP contribution in [0, 0.1) is 5.82 Å². The van der Waals surface area contributed by atoms with E-state index in [9.17, 15) is 9.18 Å². The molecule has 0 N–H and O–H groups in total.